The van der Waals surface area contributed by atoms with Gasteiger partial charge in [-0.15, -0.1) is 0 Å². The van der Waals surface area contributed by atoms with Gasteiger partial charge in [0.15, 0.2) is 23.2 Å². The highest BCUT2D eigenvalue weighted by Crippen LogP contribution is 2.38. The Kier molecular flexibility index (Phi) is 7.50. The number of ether oxygens (including phenoxy) is 2. The Balaban J connectivity index is 1.38. The summed E-state index contributed by atoms with van der Waals surface area (Å²) in [5, 5.41) is 15.3. The minimum Gasteiger partial charge on any atom is -0.494 e. The zero-order valence-electron chi connectivity index (χ0n) is 21.6. The highest BCUT2D eigenvalue weighted by atomic mass is 19.3. The third-order valence-electron chi connectivity index (χ3n) is 6.46. The first-order chi connectivity index (χ1) is 18.8. The number of rotatable bonds is 11. The van der Waals surface area contributed by atoms with Crippen LogP contribution < -0.4 is 15.4 Å². The Morgan fingerprint density at radius 1 is 1.13 bits per heavy atom. The topological polar surface area (TPSA) is 121 Å². The number of carbonyl (C=O) groups excluding carboxylic acids is 1. The number of nitrogens with zero attached hydrogens (tertiary/aromatic N) is 6. The van der Waals surface area contributed by atoms with Crippen molar-refractivity contribution in [3.05, 3.63) is 54.6 Å². The van der Waals surface area contributed by atoms with Crippen molar-refractivity contribution in [2.45, 2.75) is 44.9 Å². The van der Waals surface area contributed by atoms with Crippen LogP contribution in [0.15, 0.2) is 49.1 Å². The number of hydrogen-bond acceptors (Lipinski definition) is 9. The van der Waals surface area contributed by atoms with Gasteiger partial charge in [-0.2, -0.15) is 19.0 Å². The lowest BCUT2D eigenvalue weighted by atomic mass is 9.89. The van der Waals surface area contributed by atoms with Gasteiger partial charge in [0.05, 0.1) is 41.8 Å². The molecule has 0 aliphatic heterocycles. The first-order valence-electron chi connectivity index (χ1n) is 12.4. The van der Waals surface area contributed by atoms with Crippen LogP contribution in [-0.2, 0) is 11.8 Å². The second kappa shape index (κ2) is 11.2. The second-order valence-electron chi connectivity index (χ2n) is 9.10. The van der Waals surface area contributed by atoms with E-state index in [4.69, 9.17) is 4.74 Å². The van der Waals surface area contributed by atoms with Crippen molar-refractivity contribution in [3.63, 3.8) is 0 Å². The van der Waals surface area contributed by atoms with E-state index in [-0.39, 0.29) is 11.8 Å². The van der Waals surface area contributed by atoms with Crippen LogP contribution in [0.4, 0.5) is 31.8 Å². The maximum Gasteiger partial charge on any atom is 0.345 e. The molecule has 3 heterocycles. The van der Waals surface area contributed by atoms with Gasteiger partial charge >= 0.3 is 6.61 Å². The van der Waals surface area contributed by atoms with Crippen molar-refractivity contribution in [3.8, 4) is 17.1 Å². The molecule has 13 heteroatoms. The first-order valence-corrected chi connectivity index (χ1v) is 12.4. The Labute approximate surface area is 223 Å². The number of benzene rings is 1. The Bertz CT molecular complexity index is 1470. The number of hydrogen-bond donors (Lipinski definition) is 2. The fraction of sp³-hybridized carbons (Fsp3) is 0.346. The van der Waals surface area contributed by atoms with E-state index < -0.39 is 12.7 Å². The standard InChI is InChI=1S/C26H28F2N8O3/c1-4-21(37)18-13-29-23(32-22-8-9-36(33-22)15-10-16(11-15)39-26(27)28)12-20(18)31-19-7-5-6-17(24(19)38-3)25-30-14-35(2)34-25/h5-9,12-16,26H,4,10-11H2,1-3H3,(H2,29,31,32,33). The number of methoxy groups -OCH3 is 1. The summed E-state index contributed by atoms with van der Waals surface area (Å²) in [6.07, 6.45) is 5.69. The summed E-state index contributed by atoms with van der Waals surface area (Å²) in [6.45, 7) is -0.979. The summed E-state index contributed by atoms with van der Waals surface area (Å²) in [5.74, 6) is 1.95. The molecule has 1 saturated carbocycles. The van der Waals surface area contributed by atoms with Gasteiger partial charge in [-0.3, -0.25) is 14.2 Å². The minimum absolute atomic E-state index is 0.00706. The number of aromatic nitrogens is 6. The van der Waals surface area contributed by atoms with Gasteiger partial charge < -0.3 is 20.1 Å². The van der Waals surface area contributed by atoms with Gasteiger partial charge in [0.1, 0.15) is 12.1 Å². The molecule has 0 saturated heterocycles. The van der Waals surface area contributed by atoms with E-state index in [2.05, 4.69) is 35.5 Å². The summed E-state index contributed by atoms with van der Waals surface area (Å²) in [4.78, 5) is 21.5. The minimum atomic E-state index is -2.77. The molecule has 0 bridgehead atoms. The molecule has 0 spiro atoms. The zero-order chi connectivity index (χ0) is 27.5. The van der Waals surface area contributed by atoms with Gasteiger partial charge in [-0.1, -0.05) is 13.0 Å². The van der Waals surface area contributed by atoms with E-state index in [1.807, 2.05) is 18.2 Å². The molecule has 0 atom stereocenters. The summed E-state index contributed by atoms with van der Waals surface area (Å²) < 4.78 is 38.4. The van der Waals surface area contributed by atoms with E-state index >= 15 is 0 Å². The lowest BCUT2D eigenvalue weighted by molar-refractivity contribution is -0.189. The molecule has 1 fully saturated rings. The van der Waals surface area contributed by atoms with E-state index in [0.717, 1.165) is 0 Å². The van der Waals surface area contributed by atoms with Crippen LogP contribution in [0.2, 0.25) is 0 Å². The van der Waals surface area contributed by atoms with Crippen LogP contribution in [0.25, 0.3) is 11.4 Å². The lowest BCUT2D eigenvalue weighted by Gasteiger charge is -2.34. The molecule has 0 unspecified atom stereocenters. The number of para-hydroxylation sites is 1. The van der Waals surface area contributed by atoms with E-state index in [9.17, 15) is 13.6 Å². The van der Waals surface area contributed by atoms with Crippen LogP contribution in [-0.4, -0.2) is 55.1 Å². The van der Waals surface area contributed by atoms with Gasteiger partial charge in [-0.05, 0) is 25.0 Å². The third kappa shape index (κ3) is 5.72. The first kappa shape index (κ1) is 26.2. The van der Waals surface area contributed by atoms with Crippen molar-refractivity contribution in [2.24, 2.45) is 7.05 Å². The quantitative estimate of drug-likeness (QED) is 0.251. The van der Waals surface area contributed by atoms with Crippen molar-refractivity contribution < 1.29 is 23.0 Å². The molecular formula is C26H28F2N8O3. The Hall–Kier alpha value is -4.39. The van der Waals surface area contributed by atoms with E-state index in [1.54, 1.807) is 55.1 Å². The normalized spacial score (nSPS) is 16.7. The highest BCUT2D eigenvalue weighted by Gasteiger charge is 2.33. The molecule has 4 aromatic rings. The van der Waals surface area contributed by atoms with Gasteiger partial charge in [0, 0.05) is 38.0 Å². The molecule has 5 rings (SSSR count). The fourth-order valence-corrected chi connectivity index (χ4v) is 4.43. The maximum absolute atomic E-state index is 12.7. The third-order valence-corrected chi connectivity index (χ3v) is 6.46. The summed E-state index contributed by atoms with van der Waals surface area (Å²) in [7, 11) is 3.35. The zero-order valence-corrected chi connectivity index (χ0v) is 21.6. The Morgan fingerprint density at radius 2 is 1.95 bits per heavy atom. The van der Waals surface area contributed by atoms with Crippen molar-refractivity contribution in [2.75, 3.05) is 17.7 Å². The molecule has 1 aliphatic carbocycles. The second-order valence-corrected chi connectivity index (χ2v) is 9.10. The molecule has 3 aromatic heterocycles. The number of alkyl halides is 2. The van der Waals surface area contributed by atoms with Crippen LogP contribution in [0.5, 0.6) is 5.75 Å². The molecule has 11 nitrogen and oxygen atoms in total. The smallest absolute Gasteiger partial charge is 0.345 e. The van der Waals surface area contributed by atoms with Crippen LogP contribution in [0.1, 0.15) is 42.6 Å². The van der Waals surface area contributed by atoms with Crippen LogP contribution >= 0.6 is 0 Å². The number of carbonyl (C=O) groups is 1. The average Bonchev–Trinajstić information content (AvgIpc) is 3.54. The Morgan fingerprint density at radius 3 is 2.64 bits per heavy atom. The predicted molar refractivity (Wildman–Crippen MR) is 140 cm³/mol. The van der Waals surface area contributed by atoms with Gasteiger partial charge in [0.25, 0.3) is 0 Å². The highest BCUT2D eigenvalue weighted by molar-refractivity contribution is 6.02. The number of Topliss-reactive ketones (excluding diaryl/α,β-unsaturated/α-hetero) is 1. The molecule has 1 aliphatic rings. The largest absolute Gasteiger partial charge is 0.494 e. The average molecular weight is 539 g/mol. The molecule has 204 valence electrons. The molecule has 39 heavy (non-hydrogen) atoms. The summed E-state index contributed by atoms with van der Waals surface area (Å²) >= 11 is 0. The number of halogens is 2. The van der Waals surface area contributed by atoms with Crippen molar-refractivity contribution in [1.82, 2.24) is 29.5 Å². The summed E-state index contributed by atoms with van der Waals surface area (Å²) in [5.41, 5.74) is 2.28. The number of ketones is 1. The van der Waals surface area contributed by atoms with Crippen LogP contribution in [0, 0.1) is 0 Å². The van der Waals surface area contributed by atoms with Crippen LogP contribution in [0.3, 0.4) is 0 Å². The molecule has 2 N–H and O–H groups in total. The molecular weight excluding hydrogens is 510 g/mol. The summed E-state index contributed by atoms with van der Waals surface area (Å²) in [6, 6.07) is 9.03. The number of aryl methyl sites for hydroxylation is 1. The number of nitrogens with one attached hydrogen (secondary N) is 2. The van der Waals surface area contributed by atoms with Crippen molar-refractivity contribution >= 4 is 28.8 Å². The number of pyridine rings is 1. The molecule has 0 radical (unpaired) electrons. The van der Waals surface area contributed by atoms with Crippen molar-refractivity contribution in [1.29, 1.82) is 0 Å². The van der Waals surface area contributed by atoms with E-state index in [0.29, 0.717) is 65.0 Å². The SMILES string of the molecule is CCC(=O)c1cnc(Nc2ccn(C3CC(OC(F)F)C3)n2)cc1Nc1cccc(-c2ncn(C)n2)c1OC. The maximum atomic E-state index is 12.7. The van der Waals surface area contributed by atoms with Gasteiger partial charge in [0.2, 0.25) is 0 Å². The van der Waals surface area contributed by atoms with Gasteiger partial charge in [-0.25, -0.2) is 9.97 Å². The lowest BCUT2D eigenvalue weighted by Crippen LogP contribution is -2.34. The monoisotopic (exact) mass is 538 g/mol. The molecule has 1 aromatic carbocycles. The van der Waals surface area contributed by atoms with E-state index in [1.165, 1.54) is 6.20 Å². The predicted octanol–water partition coefficient (Wildman–Crippen LogP) is 5.10. The molecule has 0 amide bonds. The fourth-order valence-electron chi connectivity index (χ4n) is 4.43. The number of anilines is 4.